The number of carbonyl (C=O) groups is 2. The number of rotatable bonds is 3. The lowest BCUT2D eigenvalue weighted by atomic mass is 10.1. The highest BCUT2D eigenvalue weighted by molar-refractivity contribution is 5.81. The number of hydrogen-bond donors (Lipinski definition) is 1. The molecular formula is C17H26N2O4. The Hall–Kier alpha value is -1.98. The average Bonchev–Trinajstić information content (AvgIpc) is 3.05. The largest absolute Gasteiger partial charge is 0.464 e. The Kier molecular flexibility index (Phi) is 5.02. The average molecular weight is 322 g/mol. The molecule has 0 bridgehead atoms. The van der Waals surface area contributed by atoms with Crippen LogP contribution in [0.2, 0.25) is 0 Å². The van der Waals surface area contributed by atoms with E-state index in [9.17, 15) is 9.59 Å². The van der Waals surface area contributed by atoms with Crippen LogP contribution in [0.25, 0.3) is 0 Å². The zero-order valence-electron chi connectivity index (χ0n) is 14.5. The van der Waals surface area contributed by atoms with E-state index >= 15 is 0 Å². The van der Waals surface area contributed by atoms with Crippen molar-refractivity contribution in [2.24, 2.45) is 5.92 Å². The number of ether oxygens (including phenoxy) is 1. The number of nitrogens with zero attached hydrogens (tertiary/aromatic N) is 1. The summed E-state index contributed by atoms with van der Waals surface area (Å²) >= 11 is 0. The first-order valence-electron chi connectivity index (χ1n) is 8.00. The predicted molar refractivity (Wildman–Crippen MR) is 85.9 cm³/mol. The maximum Gasteiger partial charge on any atom is 0.410 e. The summed E-state index contributed by atoms with van der Waals surface area (Å²) in [5.41, 5.74) is -0.525. The molecule has 0 radical (unpaired) electrons. The molecule has 1 aromatic heterocycles. The van der Waals surface area contributed by atoms with Crippen LogP contribution >= 0.6 is 0 Å². The van der Waals surface area contributed by atoms with Crippen molar-refractivity contribution in [3.8, 4) is 0 Å². The molecule has 1 saturated heterocycles. The molecule has 0 aliphatic carbocycles. The molecule has 6 heteroatoms. The molecule has 0 saturated carbocycles. The Labute approximate surface area is 137 Å². The molecular weight excluding hydrogens is 296 g/mol. The van der Waals surface area contributed by atoms with Gasteiger partial charge in [0.2, 0.25) is 5.91 Å². The van der Waals surface area contributed by atoms with E-state index in [-0.39, 0.29) is 24.0 Å². The summed E-state index contributed by atoms with van der Waals surface area (Å²) in [4.78, 5) is 26.0. The summed E-state index contributed by atoms with van der Waals surface area (Å²) in [6.07, 6.45) is 0.289. The third-order valence-corrected chi connectivity index (χ3v) is 3.76. The highest BCUT2D eigenvalue weighted by atomic mass is 16.6. The first-order valence-corrected chi connectivity index (χ1v) is 8.00. The van der Waals surface area contributed by atoms with Crippen LogP contribution in [0.3, 0.4) is 0 Å². The minimum absolute atomic E-state index is 0.0578. The SMILES string of the molecule is Cc1ccc([C@H](C)NC(=O)[C@@H]2CCN(C(=O)OC(C)(C)C)C2)o1. The number of nitrogens with one attached hydrogen (secondary N) is 1. The minimum Gasteiger partial charge on any atom is -0.464 e. The summed E-state index contributed by atoms with van der Waals surface area (Å²) in [7, 11) is 0. The third kappa shape index (κ3) is 4.74. The number of furan rings is 1. The lowest BCUT2D eigenvalue weighted by Gasteiger charge is -2.24. The van der Waals surface area contributed by atoms with Gasteiger partial charge in [0.15, 0.2) is 0 Å². The smallest absolute Gasteiger partial charge is 0.410 e. The van der Waals surface area contributed by atoms with Crippen LogP contribution in [-0.2, 0) is 9.53 Å². The van der Waals surface area contributed by atoms with Crippen LogP contribution in [0.15, 0.2) is 16.5 Å². The lowest BCUT2D eigenvalue weighted by Crippen LogP contribution is -2.38. The monoisotopic (exact) mass is 322 g/mol. The van der Waals surface area contributed by atoms with Gasteiger partial charge in [-0.25, -0.2) is 4.79 Å². The fourth-order valence-electron chi connectivity index (χ4n) is 2.56. The Morgan fingerprint density at radius 1 is 1.39 bits per heavy atom. The van der Waals surface area contributed by atoms with Crippen molar-refractivity contribution >= 4 is 12.0 Å². The summed E-state index contributed by atoms with van der Waals surface area (Å²) < 4.78 is 10.9. The van der Waals surface area contributed by atoms with Gasteiger partial charge in [0.25, 0.3) is 0 Å². The lowest BCUT2D eigenvalue weighted by molar-refractivity contribution is -0.125. The van der Waals surface area contributed by atoms with Gasteiger partial charge in [-0.3, -0.25) is 4.79 Å². The van der Waals surface area contributed by atoms with Gasteiger partial charge in [-0.1, -0.05) is 0 Å². The Balaban J connectivity index is 1.86. The highest BCUT2D eigenvalue weighted by Gasteiger charge is 2.34. The first kappa shape index (κ1) is 17.4. The number of likely N-dealkylation sites (tertiary alicyclic amines) is 1. The van der Waals surface area contributed by atoms with Crippen LogP contribution in [0, 0.1) is 12.8 Å². The quantitative estimate of drug-likeness (QED) is 0.928. The minimum atomic E-state index is -0.525. The van der Waals surface area contributed by atoms with Gasteiger partial charge in [0.05, 0.1) is 12.0 Å². The van der Waals surface area contributed by atoms with Gasteiger partial charge < -0.3 is 19.4 Å². The Morgan fingerprint density at radius 2 is 2.09 bits per heavy atom. The normalized spacial score (nSPS) is 19.5. The van der Waals surface area contributed by atoms with Crippen molar-refractivity contribution in [2.75, 3.05) is 13.1 Å². The van der Waals surface area contributed by atoms with E-state index in [4.69, 9.17) is 9.15 Å². The maximum absolute atomic E-state index is 12.4. The van der Waals surface area contributed by atoms with Gasteiger partial charge in [-0.05, 0) is 53.2 Å². The first-order chi connectivity index (χ1) is 10.7. The second kappa shape index (κ2) is 6.64. The van der Waals surface area contributed by atoms with E-state index in [1.807, 2.05) is 46.8 Å². The summed E-state index contributed by atoms with van der Waals surface area (Å²) in [5, 5.41) is 2.95. The van der Waals surface area contributed by atoms with E-state index in [1.54, 1.807) is 4.90 Å². The molecule has 1 fully saturated rings. The van der Waals surface area contributed by atoms with Crippen LogP contribution in [0.4, 0.5) is 4.79 Å². The fourth-order valence-corrected chi connectivity index (χ4v) is 2.56. The van der Waals surface area contributed by atoms with Crippen molar-refractivity contribution in [1.82, 2.24) is 10.2 Å². The standard InChI is InChI=1S/C17H26N2O4/c1-11-6-7-14(22-11)12(2)18-15(20)13-8-9-19(10-13)16(21)23-17(3,4)5/h6-7,12-13H,8-10H2,1-5H3,(H,18,20)/t12-,13+/m0/s1. The molecule has 23 heavy (non-hydrogen) atoms. The topological polar surface area (TPSA) is 71.8 Å². The van der Waals surface area contributed by atoms with E-state index in [1.165, 1.54) is 0 Å². The molecule has 1 N–H and O–H groups in total. The molecule has 2 amide bonds. The van der Waals surface area contributed by atoms with E-state index < -0.39 is 5.60 Å². The molecule has 0 spiro atoms. The van der Waals surface area contributed by atoms with Gasteiger partial charge in [0, 0.05) is 13.1 Å². The summed E-state index contributed by atoms with van der Waals surface area (Å²) in [6.45, 7) is 10.2. The zero-order valence-corrected chi connectivity index (χ0v) is 14.5. The van der Waals surface area contributed by atoms with Gasteiger partial charge >= 0.3 is 6.09 Å². The van der Waals surface area contributed by atoms with Crippen molar-refractivity contribution in [1.29, 1.82) is 0 Å². The second-order valence-electron chi connectivity index (χ2n) is 7.09. The molecule has 1 aromatic rings. The van der Waals surface area contributed by atoms with E-state index in [0.717, 1.165) is 11.5 Å². The van der Waals surface area contributed by atoms with E-state index in [2.05, 4.69) is 5.32 Å². The van der Waals surface area contributed by atoms with Crippen molar-refractivity contribution < 1.29 is 18.7 Å². The highest BCUT2D eigenvalue weighted by Crippen LogP contribution is 2.21. The Morgan fingerprint density at radius 3 is 2.65 bits per heavy atom. The third-order valence-electron chi connectivity index (χ3n) is 3.76. The van der Waals surface area contributed by atoms with E-state index in [0.29, 0.717) is 19.5 Å². The number of hydrogen-bond acceptors (Lipinski definition) is 4. The molecule has 1 aliphatic heterocycles. The molecule has 0 aromatic carbocycles. The zero-order chi connectivity index (χ0) is 17.2. The maximum atomic E-state index is 12.4. The molecule has 1 aliphatic rings. The number of carbonyl (C=O) groups excluding carboxylic acids is 2. The second-order valence-corrected chi connectivity index (χ2v) is 7.09. The van der Waals surface area contributed by atoms with Crippen molar-refractivity contribution in [2.45, 2.75) is 52.7 Å². The summed E-state index contributed by atoms with van der Waals surface area (Å²) in [5.74, 6) is 1.29. The Bertz CT molecular complexity index is 573. The van der Waals surface area contributed by atoms with Crippen LogP contribution in [0.1, 0.15) is 51.7 Å². The van der Waals surface area contributed by atoms with Crippen LogP contribution < -0.4 is 5.32 Å². The molecule has 128 valence electrons. The molecule has 2 heterocycles. The number of amides is 2. The van der Waals surface area contributed by atoms with Gasteiger partial charge in [-0.2, -0.15) is 0 Å². The summed E-state index contributed by atoms with van der Waals surface area (Å²) in [6, 6.07) is 3.55. The van der Waals surface area contributed by atoms with Crippen LogP contribution in [-0.4, -0.2) is 35.6 Å². The van der Waals surface area contributed by atoms with Crippen molar-refractivity contribution in [3.63, 3.8) is 0 Å². The van der Waals surface area contributed by atoms with Crippen LogP contribution in [0.5, 0.6) is 0 Å². The molecule has 6 nitrogen and oxygen atoms in total. The molecule has 2 rings (SSSR count). The number of aryl methyl sites for hydroxylation is 1. The van der Waals surface area contributed by atoms with Crippen molar-refractivity contribution in [3.05, 3.63) is 23.7 Å². The molecule has 0 unspecified atom stereocenters. The van der Waals surface area contributed by atoms with Gasteiger partial charge in [-0.15, -0.1) is 0 Å². The molecule has 2 atom stereocenters. The fraction of sp³-hybridized carbons (Fsp3) is 0.647. The van der Waals surface area contributed by atoms with Gasteiger partial charge in [0.1, 0.15) is 17.1 Å². The predicted octanol–water partition coefficient (Wildman–Crippen LogP) is 3.02.